The predicted molar refractivity (Wildman–Crippen MR) is 138 cm³/mol. The Morgan fingerprint density at radius 1 is 1.14 bits per heavy atom. The van der Waals surface area contributed by atoms with Crippen molar-refractivity contribution < 1.29 is 13.9 Å². The summed E-state index contributed by atoms with van der Waals surface area (Å²) in [5.41, 5.74) is 8.77. The van der Waals surface area contributed by atoms with Crippen LogP contribution in [-0.4, -0.2) is 62.1 Å². The van der Waals surface area contributed by atoms with E-state index in [1.165, 1.54) is 4.52 Å². The highest BCUT2D eigenvalue weighted by Gasteiger charge is 2.27. The highest BCUT2D eigenvalue weighted by Crippen LogP contribution is 2.28. The minimum Gasteiger partial charge on any atom is -0.491 e. The van der Waals surface area contributed by atoms with Crippen molar-refractivity contribution in [3.63, 3.8) is 0 Å². The average molecular weight is 505 g/mol. The highest BCUT2D eigenvalue weighted by molar-refractivity contribution is 5.88. The molecule has 192 valence electrons. The van der Waals surface area contributed by atoms with Crippen LogP contribution in [0.5, 0.6) is 5.75 Å². The van der Waals surface area contributed by atoms with Crippen molar-refractivity contribution in [2.24, 2.45) is 13.0 Å². The van der Waals surface area contributed by atoms with Crippen LogP contribution in [0.4, 0.5) is 11.6 Å². The second-order valence-electron chi connectivity index (χ2n) is 9.18. The summed E-state index contributed by atoms with van der Waals surface area (Å²) in [5.74, 6) is 2.15. The maximum Gasteiger partial charge on any atom is 0.330 e. The molecule has 1 aliphatic heterocycles. The highest BCUT2D eigenvalue weighted by atomic mass is 16.5. The number of benzene rings is 1. The number of nitrogens with two attached hydrogens (primary N) is 1. The van der Waals surface area contributed by atoms with Crippen LogP contribution in [0, 0.1) is 5.92 Å². The first kappa shape index (κ1) is 23.1. The van der Waals surface area contributed by atoms with Gasteiger partial charge < -0.3 is 24.5 Å². The normalized spacial score (nSPS) is 15.8. The van der Waals surface area contributed by atoms with Crippen LogP contribution in [0.15, 0.2) is 51.9 Å². The molecule has 0 radical (unpaired) electrons. The number of fused-ring (bicyclic) bond motifs is 3. The van der Waals surface area contributed by atoms with Crippen LogP contribution in [0.1, 0.15) is 6.42 Å². The smallest absolute Gasteiger partial charge is 0.330 e. The van der Waals surface area contributed by atoms with Crippen molar-refractivity contribution in [3.8, 4) is 17.3 Å². The molecule has 0 spiro atoms. The Morgan fingerprint density at radius 2 is 1.97 bits per heavy atom. The summed E-state index contributed by atoms with van der Waals surface area (Å²) in [6.45, 7) is 3.35. The van der Waals surface area contributed by atoms with Gasteiger partial charge in [0.2, 0.25) is 11.8 Å². The molecule has 0 aliphatic carbocycles. The number of hydrogen-bond donors (Lipinski definition) is 1. The molecule has 12 nitrogen and oxygen atoms in total. The van der Waals surface area contributed by atoms with E-state index in [0.29, 0.717) is 48.2 Å². The molecule has 5 heterocycles. The van der Waals surface area contributed by atoms with Gasteiger partial charge in [0.1, 0.15) is 17.9 Å². The van der Waals surface area contributed by atoms with Gasteiger partial charge in [0, 0.05) is 39.5 Å². The second kappa shape index (κ2) is 9.28. The van der Waals surface area contributed by atoms with E-state index in [9.17, 15) is 4.79 Å². The molecule has 2 N–H and O–H groups in total. The van der Waals surface area contributed by atoms with Gasteiger partial charge in [0.05, 0.1) is 12.9 Å². The van der Waals surface area contributed by atoms with Gasteiger partial charge >= 0.3 is 5.69 Å². The minimum absolute atomic E-state index is 0.159. The first-order valence-electron chi connectivity index (χ1n) is 12.2. The molecule has 1 atom stereocenters. The predicted octanol–water partition coefficient (Wildman–Crippen LogP) is 2.17. The van der Waals surface area contributed by atoms with E-state index in [2.05, 4.69) is 32.1 Å². The molecule has 1 saturated heterocycles. The number of anilines is 2. The van der Waals surface area contributed by atoms with Crippen LogP contribution in [0.3, 0.4) is 0 Å². The first-order valence-corrected chi connectivity index (χ1v) is 12.2. The molecule has 5 aromatic rings. The van der Waals surface area contributed by atoms with E-state index in [1.54, 1.807) is 41.7 Å². The number of nitrogens with zero attached hydrogens (tertiary/aromatic N) is 7. The van der Waals surface area contributed by atoms with E-state index < -0.39 is 0 Å². The van der Waals surface area contributed by atoms with Crippen LogP contribution in [0.2, 0.25) is 0 Å². The van der Waals surface area contributed by atoms with Crippen molar-refractivity contribution in [2.75, 3.05) is 44.0 Å². The number of rotatable bonds is 8. The van der Waals surface area contributed by atoms with Crippen molar-refractivity contribution in [2.45, 2.75) is 13.0 Å². The summed E-state index contributed by atoms with van der Waals surface area (Å²) in [4.78, 5) is 24.8. The second-order valence-corrected chi connectivity index (χ2v) is 9.18. The molecule has 12 heteroatoms. The van der Waals surface area contributed by atoms with E-state index >= 15 is 0 Å². The van der Waals surface area contributed by atoms with Crippen molar-refractivity contribution >= 4 is 28.4 Å². The molecule has 0 bridgehead atoms. The number of ether oxygens (including phenoxy) is 2. The number of nitrogen functional groups attached to an aromatic ring is 1. The first-order chi connectivity index (χ1) is 18.0. The SMILES string of the molecule is COCCOc1ccc(N2CCC(Cn3c(=O)n(C)c4c3nc(N)n3nc(-c5ccco5)nc43)C2)cc1. The van der Waals surface area contributed by atoms with Crippen molar-refractivity contribution in [3.05, 3.63) is 53.1 Å². The van der Waals surface area contributed by atoms with Gasteiger partial charge in [0.15, 0.2) is 17.1 Å². The van der Waals surface area contributed by atoms with Gasteiger partial charge in [-0.15, -0.1) is 5.10 Å². The fraction of sp³-hybridized carbons (Fsp3) is 0.360. The molecular weight excluding hydrogens is 476 g/mol. The molecule has 0 saturated carbocycles. The zero-order valence-electron chi connectivity index (χ0n) is 20.7. The quantitative estimate of drug-likeness (QED) is 0.316. The molecule has 1 unspecified atom stereocenters. The van der Waals surface area contributed by atoms with Crippen LogP contribution in [-0.2, 0) is 18.3 Å². The lowest BCUT2D eigenvalue weighted by Gasteiger charge is -2.19. The lowest BCUT2D eigenvalue weighted by atomic mass is 10.1. The Balaban J connectivity index is 1.25. The van der Waals surface area contributed by atoms with Crippen molar-refractivity contribution in [1.29, 1.82) is 0 Å². The molecule has 1 fully saturated rings. The van der Waals surface area contributed by atoms with E-state index in [1.807, 2.05) is 12.1 Å². The van der Waals surface area contributed by atoms with Crippen molar-refractivity contribution in [1.82, 2.24) is 28.7 Å². The molecular formula is C25H28N8O4. The van der Waals surface area contributed by atoms with E-state index in [4.69, 9.17) is 19.6 Å². The molecule has 1 aliphatic rings. The van der Waals surface area contributed by atoms with Gasteiger partial charge in [-0.1, -0.05) is 0 Å². The summed E-state index contributed by atoms with van der Waals surface area (Å²) >= 11 is 0. The minimum atomic E-state index is -0.159. The summed E-state index contributed by atoms with van der Waals surface area (Å²) in [7, 11) is 3.37. The third-order valence-corrected chi connectivity index (χ3v) is 6.80. The summed E-state index contributed by atoms with van der Waals surface area (Å²) < 4.78 is 20.8. The number of hydrogen-bond acceptors (Lipinski definition) is 9. The number of methoxy groups -OCH3 is 1. The van der Waals surface area contributed by atoms with Gasteiger partial charge in [0.25, 0.3) is 0 Å². The zero-order chi connectivity index (χ0) is 25.5. The molecule has 4 aromatic heterocycles. The maximum atomic E-state index is 13.3. The van der Waals surface area contributed by atoms with Gasteiger partial charge in [-0.05, 0) is 48.7 Å². The molecule has 1 aromatic carbocycles. The standard InChI is InChI=1S/C25H28N8O4/c1-30-20-22(28-24(26)33-23(20)27-21(29-33)19-4-3-11-37-19)32(25(30)34)15-16-9-10-31(14-16)17-5-7-18(8-6-17)36-13-12-35-2/h3-8,11,16H,9-10,12-15H2,1-2H3,(H2,26,28). The fourth-order valence-electron chi connectivity index (χ4n) is 4.93. The molecule has 37 heavy (non-hydrogen) atoms. The average Bonchev–Trinajstić information content (AvgIpc) is 3.70. The van der Waals surface area contributed by atoms with Crippen LogP contribution in [0.25, 0.3) is 28.4 Å². The number of furan rings is 1. The monoisotopic (exact) mass is 504 g/mol. The maximum absolute atomic E-state index is 13.3. The molecule has 0 amide bonds. The Labute approximate surface area is 211 Å². The van der Waals surface area contributed by atoms with Gasteiger partial charge in [-0.3, -0.25) is 9.13 Å². The Hall–Kier alpha value is -4.32. The van der Waals surface area contributed by atoms with E-state index in [0.717, 1.165) is 30.9 Å². The third kappa shape index (κ3) is 4.08. The number of imidazole rings is 1. The fourth-order valence-corrected chi connectivity index (χ4v) is 4.93. The Bertz CT molecular complexity index is 1600. The number of aryl methyl sites for hydroxylation is 1. The summed E-state index contributed by atoms with van der Waals surface area (Å²) in [6.07, 6.45) is 2.51. The lowest BCUT2D eigenvalue weighted by Crippen LogP contribution is -2.27. The lowest BCUT2D eigenvalue weighted by molar-refractivity contribution is 0.146. The van der Waals surface area contributed by atoms with Gasteiger partial charge in [-0.25, -0.2) is 9.78 Å². The van der Waals surface area contributed by atoms with Crippen LogP contribution < -0.4 is 21.1 Å². The Kier molecular flexibility index (Phi) is 5.80. The Morgan fingerprint density at radius 3 is 2.73 bits per heavy atom. The summed E-state index contributed by atoms with van der Waals surface area (Å²) in [6, 6.07) is 11.6. The largest absolute Gasteiger partial charge is 0.491 e. The van der Waals surface area contributed by atoms with Gasteiger partial charge in [-0.2, -0.15) is 9.50 Å². The number of aromatic nitrogens is 6. The third-order valence-electron chi connectivity index (χ3n) is 6.80. The van der Waals surface area contributed by atoms with E-state index in [-0.39, 0.29) is 17.6 Å². The van der Waals surface area contributed by atoms with Crippen LogP contribution >= 0.6 is 0 Å². The molecule has 6 rings (SSSR count). The topological polar surface area (TPSA) is 131 Å². The zero-order valence-corrected chi connectivity index (χ0v) is 20.7. The summed E-state index contributed by atoms with van der Waals surface area (Å²) in [5, 5.41) is 4.44.